The molecule has 1 atom stereocenters. The minimum Gasteiger partial charge on any atom is -0.379 e. The van der Waals surface area contributed by atoms with Gasteiger partial charge in [0.15, 0.2) is 6.10 Å². The largest absolute Gasteiger partial charge is 0.418 e. The van der Waals surface area contributed by atoms with E-state index in [0.717, 1.165) is 12.1 Å². The standard InChI is InChI=1S/C8H5F4O/c9-6-3-1-2-5(4-6)7(13)8(10,11)12/h1-2,4,7,13H/t7-/m1/s1. The summed E-state index contributed by atoms with van der Waals surface area (Å²) >= 11 is 0. The first kappa shape index (κ1) is 9.98. The number of alkyl halides is 3. The van der Waals surface area contributed by atoms with Crippen molar-refractivity contribution in [3.63, 3.8) is 0 Å². The van der Waals surface area contributed by atoms with Crippen molar-refractivity contribution in [1.82, 2.24) is 0 Å². The molecule has 1 aromatic rings. The first-order valence-electron chi connectivity index (χ1n) is 3.33. The van der Waals surface area contributed by atoms with Gasteiger partial charge in [-0.2, -0.15) is 13.2 Å². The van der Waals surface area contributed by atoms with E-state index in [4.69, 9.17) is 5.11 Å². The molecule has 0 saturated heterocycles. The van der Waals surface area contributed by atoms with Crippen molar-refractivity contribution in [2.24, 2.45) is 0 Å². The maximum absolute atomic E-state index is 12.4. The summed E-state index contributed by atoms with van der Waals surface area (Å²) in [6, 6.07) is 4.57. The lowest BCUT2D eigenvalue weighted by Gasteiger charge is -2.14. The number of hydrogen-bond acceptors (Lipinski definition) is 1. The second-order valence-corrected chi connectivity index (χ2v) is 2.41. The van der Waals surface area contributed by atoms with Gasteiger partial charge in [-0.1, -0.05) is 12.1 Å². The highest BCUT2D eigenvalue weighted by Crippen LogP contribution is 2.32. The minimum absolute atomic E-state index is 0.524. The molecule has 1 N–H and O–H groups in total. The van der Waals surface area contributed by atoms with Crippen LogP contribution in [-0.4, -0.2) is 11.3 Å². The quantitative estimate of drug-likeness (QED) is 0.678. The first-order chi connectivity index (χ1) is 5.91. The Morgan fingerprint density at radius 1 is 1.38 bits per heavy atom. The molecule has 71 valence electrons. The molecule has 0 aliphatic carbocycles. The van der Waals surface area contributed by atoms with Gasteiger partial charge < -0.3 is 5.11 Å². The number of hydrogen-bond donors (Lipinski definition) is 1. The van der Waals surface area contributed by atoms with Gasteiger partial charge in [0.1, 0.15) is 5.82 Å². The first-order valence-corrected chi connectivity index (χ1v) is 3.33. The van der Waals surface area contributed by atoms with E-state index in [1.54, 1.807) is 0 Å². The fourth-order valence-electron chi connectivity index (χ4n) is 0.813. The molecule has 0 spiro atoms. The van der Waals surface area contributed by atoms with E-state index in [2.05, 4.69) is 0 Å². The summed E-state index contributed by atoms with van der Waals surface area (Å²) in [7, 11) is 0. The lowest BCUT2D eigenvalue weighted by atomic mass is 10.1. The molecule has 0 aliphatic heterocycles. The average Bonchev–Trinajstić information content (AvgIpc) is 2.01. The van der Waals surface area contributed by atoms with Crippen LogP contribution in [0.3, 0.4) is 0 Å². The van der Waals surface area contributed by atoms with Crippen LogP contribution in [0, 0.1) is 11.9 Å². The van der Waals surface area contributed by atoms with Gasteiger partial charge in [0, 0.05) is 6.07 Å². The SMILES string of the molecule is O[C@H](c1cc[c]c(F)c1)C(F)(F)F. The van der Waals surface area contributed by atoms with Crippen molar-refractivity contribution in [3.05, 3.63) is 35.6 Å². The number of halogens is 4. The van der Waals surface area contributed by atoms with E-state index in [0.29, 0.717) is 6.07 Å². The Labute approximate surface area is 71.6 Å². The zero-order valence-corrected chi connectivity index (χ0v) is 6.27. The summed E-state index contributed by atoms with van der Waals surface area (Å²) < 4.78 is 48.0. The highest BCUT2D eigenvalue weighted by atomic mass is 19.4. The Morgan fingerprint density at radius 2 is 2.00 bits per heavy atom. The van der Waals surface area contributed by atoms with Gasteiger partial charge in [0.2, 0.25) is 0 Å². The smallest absolute Gasteiger partial charge is 0.379 e. The number of benzene rings is 1. The monoisotopic (exact) mass is 193 g/mol. The van der Waals surface area contributed by atoms with E-state index in [1.807, 2.05) is 6.07 Å². The number of rotatable bonds is 1. The zero-order chi connectivity index (χ0) is 10.1. The van der Waals surface area contributed by atoms with Crippen LogP contribution in [0.15, 0.2) is 18.2 Å². The van der Waals surface area contributed by atoms with Crippen molar-refractivity contribution < 1.29 is 22.7 Å². The molecule has 0 aliphatic rings. The molecule has 0 aromatic heterocycles. The van der Waals surface area contributed by atoms with Gasteiger partial charge in [-0.05, 0) is 11.6 Å². The molecule has 0 fully saturated rings. The van der Waals surface area contributed by atoms with Crippen LogP contribution in [0.2, 0.25) is 0 Å². The predicted octanol–water partition coefficient (Wildman–Crippen LogP) is 2.22. The molecular weight excluding hydrogens is 188 g/mol. The summed E-state index contributed by atoms with van der Waals surface area (Å²) in [5.41, 5.74) is -0.524. The van der Waals surface area contributed by atoms with Crippen LogP contribution < -0.4 is 0 Å². The average molecular weight is 193 g/mol. The fraction of sp³-hybridized carbons (Fsp3) is 0.250. The lowest BCUT2D eigenvalue weighted by molar-refractivity contribution is -0.206. The summed E-state index contributed by atoms with van der Waals surface area (Å²) in [6.07, 6.45) is -7.41. The van der Waals surface area contributed by atoms with Crippen LogP contribution in [0.25, 0.3) is 0 Å². The molecule has 0 heterocycles. The third kappa shape index (κ3) is 2.42. The molecule has 1 aromatic carbocycles. The summed E-state index contributed by atoms with van der Waals surface area (Å²) in [5.74, 6) is -0.930. The van der Waals surface area contributed by atoms with Crippen molar-refractivity contribution in [3.8, 4) is 0 Å². The molecule has 1 rings (SSSR count). The Morgan fingerprint density at radius 3 is 2.46 bits per heavy atom. The molecular formula is C8H5F4O. The molecule has 0 amide bonds. The highest BCUT2D eigenvalue weighted by molar-refractivity contribution is 5.19. The Balaban J connectivity index is 2.96. The second-order valence-electron chi connectivity index (χ2n) is 2.41. The Hall–Kier alpha value is -1.10. The number of aliphatic hydroxyl groups excluding tert-OH is 1. The van der Waals surface area contributed by atoms with Crippen molar-refractivity contribution in [1.29, 1.82) is 0 Å². The van der Waals surface area contributed by atoms with E-state index in [-0.39, 0.29) is 0 Å². The number of aliphatic hydroxyl groups is 1. The van der Waals surface area contributed by atoms with Gasteiger partial charge >= 0.3 is 6.18 Å². The molecule has 1 nitrogen and oxygen atoms in total. The van der Waals surface area contributed by atoms with E-state index in [9.17, 15) is 17.6 Å². The Bertz CT molecular complexity index is 294. The normalized spacial score (nSPS) is 14.2. The third-order valence-electron chi connectivity index (χ3n) is 1.42. The maximum atomic E-state index is 12.4. The summed E-state index contributed by atoms with van der Waals surface area (Å²) in [6.45, 7) is 0. The predicted molar refractivity (Wildman–Crippen MR) is 36.3 cm³/mol. The summed E-state index contributed by atoms with van der Waals surface area (Å²) in [4.78, 5) is 0. The van der Waals surface area contributed by atoms with Crippen molar-refractivity contribution in [2.45, 2.75) is 12.3 Å². The molecule has 1 radical (unpaired) electrons. The molecule has 5 heteroatoms. The molecule has 0 unspecified atom stereocenters. The Kier molecular flexibility index (Phi) is 2.56. The van der Waals surface area contributed by atoms with Crippen LogP contribution in [0.5, 0.6) is 0 Å². The second kappa shape index (κ2) is 3.33. The molecule has 0 bridgehead atoms. The maximum Gasteiger partial charge on any atom is 0.418 e. The van der Waals surface area contributed by atoms with Crippen LogP contribution in [0.4, 0.5) is 17.6 Å². The molecule has 0 saturated carbocycles. The third-order valence-corrected chi connectivity index (χ3v) is 1.42. The van der Waals surface area contributed by atoms with E-state index >= 15 is 0 Å². The van der Waals surface area contributed by atoms with Gasteiger partial charge in [0.25, 0.3) is 0 Å². The zero-order valence-electron chi connectivity index (χ0n) is 6.27. The van der Waals surface area contributed by atoms with Gasteiger partial charge in [-0.3, -0.25) is 0 Å². The van der Waals surface area contributed by atoms with Crippen molar-refractivity contribution >= 4 is 0 Å². The minimum atomic E-state index is -4.77. The van der Waals surface area contributed by atoms with Crippen LogP contribution in [-0.2, 0) is 0 Å². The van der Waals surface area contributed by atoms with Crippen LogP contribution >= 0.6 is 0 Å². The van der Waals surface area contributed by atoms with Gasteiger partial charge in [-0.25, -0.2) is 4.39 Å². The topological polar surface area (TPSA) is 20.2 Å². The fourth-order valence-corrected chi connectivity index (χ4v) is 0.813. The van der Waals surface area contributed by atoms with E-state index in [1.165, 1.54) is 0 Å². The van der Waals surface area contributed by atoms with E-state index < -0.39 is 23.7 Å². The van der Waals surface area contributed by atoms with Gasteiger partial charge in [-0.15, -0.1) is 0 Å². The van der Waals surface area contributed by atoms with Crippen molar-refractivity contribution in [2.75, 3.05) is 0 Å². The van der Waals surface area contributed by atoms with Gasteiger partial charge in [0.05, 0.1) is 0 Å². The lowest BCUT2D eigenvalue weighted by Crippen LogP contribution is -2.20. The van der Waals surface area contributed by atoms with Crippen LogP contribution in [0.1, 0.15) is 11.7 Å². The summed E-state index contributed by atoms with van der Waals surface area (Å²) in [5, 5.41) is 8.68. The molecule has 13 heavy (non-hydrogen) atoms. The highest BCUT2D eigenvalue weighted by Gasteiger charge is 2.39.